The van der Waals surface area contributed by atoms with Crippen molar-refractivity contribution in [2.45, 2.75) is 44.1 Å². The number of aromatic hydroxyl groups is 2. The molecule has 0 aromatic heterocycles. The number of benzene rings is 4. The molecule has 1 spiro atoms. The van der Waals surface area contributed by atoms with Gasteiger partial charge in [0.2, 0.25) is 5.91 Å². The second-order valence-corrected chi connectivity index (χ2v) is 11.2. The minimum atomic E-state index is -1.47. The molecule has 0 fully saturated rings. The van der Waals surface area contributed by atoms with E-state index in [4.69, 9.17) is 25.8 Å². The lowest BCUT2D eigenvalue weighted by atomic mass is 9.75. The molecule has 2 aliphatic heterocycles. The van der Waals surface area contributed by atoms with Crippen LogP contribution in [0.3, 0.4) is 0 Å². The number of rotatable bonds is 10. The highest BCUT2D eigenvalue weighted by Gasteiger charge is 2.55. The van der Waals surface area contributed by atoms with E-state index in [9.17, 15) is 19.8 Å². The lowest BCUT2D eigenvalue weighted by molar-refractivity contribution is -0.121. The van der Waals surface area contributed by atoms with Crippen LogP contribution >= 0.6 is 27.5 Å². The first-order valence-corrected chi connectivity index (χ1v) is 16.8. The molecule has 1 amide bonds. The Morgan fingerprint density at radius 3 is 2.47 bits per heavy atom. The monoisotopic (exact) mass is 695 g/mol. The highest BCUT2D eigenvalue weighted by atomic mass is 79.9. The number of carbonyl (C=O) groups is 2. The summed E-state index contributed by atoms with van der Waals surface area (Å²) in [5, 5.41) is 26.1. The number of fused-ring (bicyclic) bond motifs is 8. The van der Waals surface area contributed by atoms with E-state index in [-0.39, 0.29) is 46.8 Å². The number of aryl methyl sites for hydroxylation is 1. The van der Waals surface area contributed by atoms with Gasteiger partial charge in [0.25, 0.3) is 0 Å². The number of hydrogen-bond acceptors (Lipinski definition) is 7. The van der Waals surface area contributed by atoms with Crippen molar-refractivity contribution in [3.8, 4) is 23.0 Å². The number of nitrogens with one attached hydrogen (secondary N) is 1. The van der Waals surface area contributed by atoms with Gasteiger partial charge in [0.1, 0.15) is 22.3 Å². The van der Waals surface area contributed by atoms with Gasteiger partial charge in [-0.1, -0.05) is 82.8 Å². The van der Waals surface area contributed by atoms with E-state index < -0.39 is 11.6 Å². The second kappa shape index (κ2) is 14.1. The van der Waals surface area contributed by atoms with E-state index >= 15 is 0 Å². The molecular weight excluding hydrogens is 662 g/mol. The minimum Gasteiger partial charge on any atom is -0.507 e. The van der Waals surface area contributed by atoms with E-state index in [2.05, 4.69) is 21.2 Å². The van der Waals surface area contributed by atoms with Gasteiger partial charge in [0.05, 0.1) is 11.1 Å². The zero-order valence-electron chi connectivity index (χ0n) is 25.1. The van der Waals surface area contributed by atoms with Crippen LogP contribution in [0.25, 0.3) is 10.8 Å². The molecule has 0 saturated carbocycles. The zero-order chi connectivity index (χ0) is 32.1. The zero-order valence-corrected chi connectivity index (χ0v) is 27.5. The van der Waals surface area contributed by atoms with Crippen LogP contribution in [-0.2, 0) is 26.3 Å². The average molecular weight is 697 g/mol. The number of phenolic OH excluding ortho intramolecular Hbond substituents is 2. The Balaban J connectivity index is 0.00000196. The number of esters is 1. The van der Waals surface area contributed by atoms with Crippen LogP contribution in [0.1, 0.15) is 64.7 Å². The summed E-state index contributed by atoms with van der Waals surface area (Å²) in [6, 6.07) is 17.6. The molecule has 6 rings (SSSR count). The third-order valence-electron chi connectivity index (χ3n) is 8.20. The number of ether oxygens (including phenoxy) is 3. The molecule has 8 nitrogen and oxygen atoms in total. The molecular formula is C35H35BrClNO7. The molecule has 236 valence electrons. The standard InChI is InChI=1S/C34H32ClNO7.CH3Br/c1-41-17-9-3-2-8-16-36-28(38)15-14-20-18-25-32(30(35)31(20)39)42-27-19-26(37)21-10-4-5-11-22(21)29(27)34(25)24-13-7-6-12-23(24)33(40)43-34;1-2/h4-7,10-13,18-19,37,39H,2-3,8-9,14-17H2,1H3,(H,36,38);1H3. The summed E-state index contributed by atoms with van der Waals surface area (Å²) in [6.45, 7) is 1.31. The summed E-state index contributed by atoms with van der Waals surface area (Å²) in [4.78, 5) is 26.0. The number of phenols is 2. The highest BCUT2D eigenvalue weighted by molar-refractivity contribution is 9.08. The fourth-order valence-electron chi connectivity index (χ4n) is 6.14. The predicted molar refractivity (Wildman–Crippen MR) is 177 cm³/mol. The van der Waals surface area contributed by atoms with Crippen LogP contribution in [0.5, 0.6) is 23.0 Å². The van der Waals surface area contributed by atoms with Crippen molar-refractivity contribution in [2.75, 3.05) is 26.1 Å². The molecule has 0 saturated heterocycles. The average Bonchev–Trinajstić information content (AvgIpc) is 3.35. The smallest absolute Gasteiger partial charge is 0.340 e. The Kier molecular flexibility index (Phi) is 10.2. The Morgan fingerprint density at radius 2 is 1.69 bits per heavy atom. The Hall–Kier alpha value is -3.79. The summed E-state index contributed by atoms with van der Waals surface area (Å²) >= 11 is 9.69. The first-order chi connectivity index (χ1) is 21.9. The van der Waals surface area contributed by atoms with Crippen molar-refractivity contribution in [1.29, 1.82) is 0 Å². The first-order valence-electron chi connectivity index (χ1n) is 14.8. The maximum Gasteiger partial charge on any atom is 0.340 e. The van der Waals surface area contributed by atoms with Crippen molar-refractivity contribution in [2.24, 2.45) is 0 Å². The molecule has 4 aromatic rings. The molecule has 3 N–H and O–H groups in total. The quantitative estimate of drug-likeness (QED) is 0.0883. The van der Waals surface area contributed by atoms with Crippen LogP contribution in [0.4, 0.5) is 0 Å². The Labute approximate surface area is 275 Å². The Bertz CT molecular complexity index is 1740. The summed E-state index contributed by atoms with van der Waals surface area (Å²) in [5.41, 5.74) is 0.920. The van der Waals surface area contributed by atoms with Crippen molar-refractivity contribution in [3.63, 3.8) is 0 Å². The molecule has 1 unspecified atom stereocenters. The van der Waals surface area contributed by atoms with Crippen molar-refractivity contribution < 1.29 is 34.0 Å². The summed E-state index contributed by atoms with van der Waals surface area (Å²) in [7, 11) is 1.69. The molecule has 0 aliphatic carbocycles. The van der Waals surface area contributed by atoms with Gasteiger partial charge in [-0.25, -0.2) is 4.79 Å². The number of carbonyl (C=O) groups excluding carboxylic acids is 2. The number of halogens is 2. The SMILES string of the molecule is CBr.COCCCCCCNC(=O)CCc1cc2c(c(Cl)c1O)Oc1cc(O)c3ccccc3c1C21OC(=O)c2ccccc21. The second-order valence-electron chi connectivity index (χ2n) is 10.9. The number of hydrogen-bond donors (Lipinski definition) is 3. The van der Waals surface area contributed by atoms with E-state index in [1.807, 2.05) is 36.2 Å². The molecule has 2 aliphatic rings. The molecule has 10 heteroatoms. The number of amides is 1. The lowest BCUT2D eigenvalue weighted by Gasteiger charge is -2.38. The van der Waals surface area contributed by atoms with Gasteiger partial charge >= 0.3 is 5.97 Å². The van der Waals surface area contributed by atoms with Gasteiger partial charge in [-0.2, -0.15) is 0 Å². The largest absolute Gasteiger partial charge is 0.507 e. The molecule has 2 heterocycles. The van der Waals surface area contributed by atoms with Crippen molar-refractivity contribution in [3.05, 3.63) is 93.5 Å². The van der Waals surface area contributed by atoms with Gasteiger partial charge in [-0.3, -0.25) is 4.79 Å². The van der Waals surface area contributed by atoms with Crippen molar-refractivity contribution >= 4 is 50.2 Å². The fraction of sp³-hybridized carbons (Fsp3) is 0.314. The highest BCUT2D eigenvalue weighted by Crippen LogP contribution is 2.61. The van der Waals surface area contributed by atoms with Gasteiger partial charge in [-0.15, -0.1) is 0 Å². The molecule has 4 aromatic carbocycles. The summed E-state index contributed by atoms with van der Waals surface area (Å²) in [5.74, 6) is 1.31. The number of methoxy groups -OCH3 is 1. The van der Waals surface area contributed by atoms with Gasteiger partial charge in [0, 0.05) is 49.3 Å². The maximum absolute atomic E-state index is 13.4. The normalized spacial score (nSPS) is 15.8. The molecule has 0 bridgehead atoms. The van der Waals surface area contributed by atoms with Crippen LogP contribution < -0.4 is 10.1 Å². The van der Waals surface area contributed by atoms with E-state index in [0.717, 1.165) is 32.3 Å². The van der Waals surface area contributed by atoms with Gasteiger partial charge < -0.3 is 29.7 Å². The third kappa shape index (κ3) is 5.96. The van der Waals surface area contributed by atoms with Crippen LogP contribution in [0.15, 0.2) is 60.7 Å². The van der Waals surface area contributed by atoms with E-state index in [1.165, 1.54) is 6.07 Å². The lowest BCUT2D eigenvalue weighted by Crippen LogP contribution is -2.33. The number of unbranched alkanes of at least 4 members (excludes halogenated alkanes) is 3. The third-order valence-corrected chi connectivity index (χ3v) is 8.55. The molecule has 1 atom stereocenters. The minimum absolute atomic E-state index is 0.0106. The van der Waals surface area contributed by atoms with Gasteiger partial charge in [-0.05, 0) is 48.2 Å². The van der Waals surface area contributed by atoms with Gasteiger partial charge in [0.15, 0.2) is 11.4 Å². The fourth-order valence-corrected chi connectivity index (χ4v) is 6.40. The van der Waals surface area contributed by atoms with Crippen LogP contribution in [0, 0.1) is 0 Å². The number of alkyl halides is 1. The van der Waals surface area contributed by atoms with E-state index in [1.54, 1.807) is 31.4 Å². The Morgan fingerprint density at radius 1 is 0.978 bits per heavy atom. The molecule has 45 heavy (non-hydrogen) atoms. The molecule has 0 radical (unpaired) electrons. The first kappa shape index (κ1) is 32.6. The predicted octanol–water partition coefficient (Wildman–Crippen LogP) is 7.74. The van der Waals surface area contributed by atoms with Crippen LogP contribution in [-0.4, -0.2) is 48.2 Å². The van der Waals surface area contributed by atoms with E-state index in [0.29, 0.717) is 45.1 Å². The maximum atomic E-state index is 13.4. The summed E-state index contributed by atoms with van der Waals surface area (Å²) < 4.78 is 17.6. The van der Waals surface area contributed by atoms with Crippen molar-refractivity contribution in [1.82, 2.24) is 5.32 Å². The summed E-state index contributed by atoms with van der Waals surface area (Å²) in [6.07, 6.45) is 4.24. The topological polar surface area (TPSA) is 114 Å². The van der Waals surface area contributed by atoms with Crippen LogP contribution in [0.2, 0.25) is 5.02 Å².